The summed E-state index contributed by atoms with van der Waals surface area (Å²) in [6.45, 7) is 6.09. The molecule has 106 valence electrons. The van der Waals surface area contributed by atoms with Gasteiger partial charge in [-0.15, -0.1) is 0 Å². The van der Waals surface area contributed by atoms with Gasteiger partial charge in [-0.1, -0.05) is 6.42 Å². The third-order valence-electron chi connectivity index (χ3n) is 4.88. The van der Waals surface area contributed by atoms with Gasteiger partial charge in [0, 0.05) is 12.6 Å². The molecule has 3 nitrogen and oxygen atoms in total. The first-order valence-corrected chi connectivity index (χ1v) is 7.92. The average Bonchev–Trinajstić information content (AvgIpc) is 2.39. The topological polar surface area (TPSA) is 32.5 Å². The van der Waals surface area contributed by atoms with E-state index in [0.717, 1.165) is 18.5 Å². The Labute approximate surface area is 113 Å². The predicted octanol–water partition coefficient (Wildman–Crippen LogP) is 1.92. The Morgan fingerprint density at radius 3 is 2.72 bits per heavy atom. The molecule has 2 unspecified atom stereocenters. The fourth-order valence-electron chi connectivity index (χ4n) is 3.67. The van der Waals surface area contributed by atoms with Gasteiger partial charge in [0.05, 0.1) is 0 Å². The van der Waals surface area contributed by atoms with Crippen molar-refractivity contribution in [1.29, 1.82) is 0 Å². The Hall–Kier alpha value is -0.120. The lowest BCUT2D eigenvalue weighted by Crippen LogP contribution is -2.41. The fourth-order valence-corrected chi connectivity index (χ4v) is 3.67. The molecule has 3 heteroatoms. The molecule has 0 aliphatic carbocycles. The normalized spacial score (nSPS) is 31.7. The number of piperidine rings is 2. The maximum absolute atomic E-state index is 5.69. The molecule has 2 aliphatic heterocycles. The monoisotopic (exact) mass is 253 g/mol. The molecule has 2 atom stereocenters. The van der Waals surface area contributed by atoms with Crippen molar-refractivity contribution >= 4 is 0 Å². The standard InChI is InChI=1S/C15H31N3/c1-17-10-3-2-6-15(17)8-12-18-11-4-5-14(13-18)7-9-16/h14-15H,2-13,16H2,1H3. The van der Waals surface area contributed by atoms with Crippen molar-refractivity contribution in [3.8, 4) is 0 Å². The van der Waals surface area contributed by atoms with Gasteiger partial charge in [-0.2, -0.15) is 0 Å². The Morgan fingerprint density at radius 2 is 1.94 bits per heavy atom. The van der Waals surface area contributed by atoms with E-state index in [9.17, 15) is 0 Å². The summed E-state index contributed by atoms with van der Waals surface area (Å²) in [5.41, 5.74) is 5.69. The van der Waals surface area contributed by atoms with Crippen LogP contribution in [0, 0.1) is 5.92 Å². The molecular formula is C15H31N3. The van der Waals surface area contributed by atoms with Gasteiger partial charge in [-0.3, -0.25) is 0 Å². The number of nitrogens with zero attached hydrogens (tertiary/aromatic N) is 2. The van der Waals surface area contributed by atoms with Gasteiger partial charge in [0.2, 0.25) is 0 Å². The Bertz CT molecular complexity index is 230. The minimum Gasteiger partial charge on any atom is -0.330 e. The minimum absolute atomic E-state index is 0.841. The quantitative estimate of drug-likeness (QED) is 0.812. The molecule has 2 aliphatic rings. The van der Waals surface area contributed by atoms with E-state index < -0.39 is 0 Å². The maximum atomic E-state index is 5.69. The first-order valence-electron chi connectivity index (χ1n) is 7.92. The number of rotatable bonds is 5. The molecule has 18 heavy (non-hydrogen) atoms. The summed E-state index contributed by atoms with van der Waals surface area (Å²) in [6, 6.07) is 0.841. The molecule has 0 aromatic heterocycles. The van der Waals surface area contributed by atoms with Crippen molar-refractivity contribution in [2.45, 2.75) is 51.0 Å². The fraction of sp³-hybridized carbons (Fsp3) is 1.00. The molecule has 2 N–H and O–H groups in total. The van der Waals surface area contributed by atoms with Crippen LogP contribution in [0.5, 0.6) is 0 Å². The lowest BCUT2D eigenvalue weighted by Gasteiger charge is -2.36. The number of likely N-dealkylation sites (tertiary alicyclic amines) is 2. The van der Waals surface area contributed by atoms with Gasteiger partial charge in [0.1, 0.15) is 0 Å². The number of hydrogen-bond acceptors (Lipinski definition) is 3. The molecule has 0 aromatic rings. The summed E-state index contributed by atoms with van der Waals surface area (Å²) >= 11 is 0. The van der Waals surface area contributed by atoms with Gasteiger partial charge in [-0.05, 0) is 77.7 Å². The van der Waals surface area contributed by atoms with Crippen molar-refractivity contribution in [2.75, 3.05) is 39.8 Å². The van der Waals surface area contributed by atoms with Crippen LogP contribution in [0.15, 0.2) is 0 Å². The molecule has 2 fully saturated rings. The molecule has 2 rings (SSSR count). The second-order valence-electron chi connectivity index (χ2n) is 6.31. The Kier molecular flexibility index (Phi) is 5.93. The minimum atomic E-state index is 0.841. The van der Waals surface area contributed by atoms with Crippen LogP contribution in [0.3, 0.4) is 0 Å². The smallest absolute Gasteiger partial charge is 0.0104 e. The first kappa shape index (κ1) is 14.3. The zero-order valence-corrected chi connectivity index (χ0v) is 12.1. The van der Waals surface area contributed by atoms with E-state index in [4.69, 9.17) is 5.73 Å². The summed E-state index contributed by atoms with van der Waals surface area (Å²) < 4.78 is 0. The van der Waals surface area contributed by atoms with E-state index in [1.807, 2.05) is 0 Å². The summed E-state index contributed by atoms with van der Waals surface area (Å²) in [4.78, 5) is 5.26. The van der Waals surface area contributed by atoms with Crippen LogP contribution in [0.2, 0.25) is 0 Å². The zero-order valence-electron chi connectivity index (χ0n) is 12.1. The summed E-state index contributed by atoms with van der Waals surface area (Å²) in [6.07, 6.45) is 9.62. The summed E-state index contributed by atoms with van der Waals surface area (Å²) in [7, 11) is 2.30. The predicted molar refractivity (Wildman–Crippen MR) is 77.7 cm³/mol. The van der Waals surface area contributed by atoms with Crippen molar-refractivity contribution in [2.24, 2.45) is 11.7 Å². The van der Waals surface area contributed by atoms with Gasteiger partial charge in [-0.25, -0.2) is 0 Å². The zero-order chi connectivity index (χ0) is 12.8. The second kappa shape index (κ2) is 7.46. The van der Waals surface area contributed by atoms with Gasteiger partial charge >= 0.3 is 0 Å². The van der Waals surface area contributed by atoms with Crippen molar-refractivity contribution in [3.05, 3.63) is 0 Å². The van der Waals surface area contributed by atoms with Gasteiger partial charge in [0.15, 0.2) is 0 Å². The molecule has 0 bridgehead atoms. The lowest BCUT2D eigenvalue weighted by atomic mass is 9.94. The molecule has 0 amide bonds. The molecule has 2 saturated heterocycles. The maximum Gasteiger partial charge on any atom is 0.0104 e. The van der Waals surface area contributed by atoms with Crippen LogP contribution in [0.1, 0.15) is 44.9 Å². The average molecular weight is 253 g/mol. The highest BCUT2D eigenvalue weighted by molar-refractivity contribution is 4.78. The van der Waals surface area contributed by atoms with Crippen LogP contribution in [-0.4, -0.2) is 55.6 Å². The van der Waals surface area contributed by atoms with Crippen LogP contribution < -0.4 is 5.73 Å². The highest BCUT2D eigenvalue weighted by Crippen LogP contribution is 2.22. The van der Waals surface area contributed by atoms with E-state index in [1.54, 1.807) is 0 Å². The Morgan fingerprint density at radius 1 is 1.06 bits per heavy atom. The number of nitrogens with two attached hydrogens (primary N) is 1. The first-order chi connectivity index (χ1) is 8.79. The third kappa shape index (κ3) is 4.22. The van der Waals surface area contributed by atoms with E-state index in [1.165, 1.54) is 71.1 Å². The summed E-state index contributed by atoms with van der Waals surface area (Å²) in [5, 5.41) is 0. The Balaban J connectivity index is 1.69. The largest absolute Gasteiger partial charge is 0.330 e. The van der Waals surface area contributed by atoms with Gasteiger partial charge in [0.25, 0.3) is 0 Å². The van der Waals surface area contributed by atoms with Crippen molar-refractivity contribution < 1.29 is 0 Å². The van der Waals surface area contributed by atoms with E-state index in [0.29, 0.717) is 0 Å². The second-order valence-corrected chi connectivity index (χ2v) is 6.31. The van der Waals surface area contributed by atoms with E-state index in [-0.39, 0.29) is 0 Å². The lowest BCUT2D eigenvalue weighted by molar-refractivity contribution is 0.127. The highest BCUT2D eigenvalue weighted by atomic mass is 15.2. The molecular weight excluding hydrogens is 222 g/mol. The molecule has 0 radical (unpaired) electrons. The molecule has 2 heterocycles. The highest BCUT2D eigenvalue weighted by Gasteiger charge is 2.22. The SMILES string of the molecule is CN1CCCCC1CCN1CCCC(CCN)C1. The third-order valence-corrected chi connectivity index (χ3v) is 4.88. The van der Waals surface area contributed by atoms with Crippen molar-refractivity contribution in [1.82, 2.24) is 9.80 Å². The van der Waals surface area contributed by atoms with Crippen molar-refractivity contribution in [3.63, 3.8) is 0 Å². The molecule has 0 spiro atoms. The molecule has 0 saturated carbocycles. The van der Waals surface area contributed by atoms with Crippen LogP contribution in [0.25, 0.3) is 0 Å². The van der Waals surface area contributed by atoms with Crippen LogP contribution in [-0.2, 0) is 0 Å². The summed E-state index contributed by atoms with van der Waals surface area (Å²) in [5.74, 6) is 0.868. The van der Waals surface area contributed by atoms with Crippen LogP contribution in [0.4, 0.5) is 0 Å². The molecule has 0 aromatic carbocycles. The van der Waals surface area contributed by atoms with Crippen LogP contribution >= 0.6 is 0 Å². The number of hydrogen-bond donors (Lipinski definition) is 1. The van der Waals surface area contributed by atoms with Gasteiger partial charge < -0.3 is 15.5 Å². The van der Waals surface area contributed by atoms with E-state index >= 15 is 0 Å². The van der Waals surface area contributed by atoms with E-state index in [2.05, 4.69) is 16.8 Å².